The van der Waals surface area contributed by atoms with E-state index in [2.05, 4.69) is 5.10 Å². The van der Waals surface area contributed by atoms with Crippen LogP contribution in [0.4, 0.5) is 46.5 Å². The van der Waals surface area contributed by atoms with Crippen molar-refractivity contribution < 1.29 is 48.6 Å². The lowest BCUT2D eigenvalue weighted by Crippen LogP contribution is -2.62. The number of halogens is 8. The summed E-state index contributed by atoms with van der Waals surface area (Å²) in [7, 11) is -0.803. The van der Waals surface area contributed by atoms with Crippen LogP contribution in [0.15, 0.2) is 47.6 Å². The fourth-order valence-corrected chi connectivity index (χ4v) is 6.02. The smallest absolute Gasteiger partial charge is 0.370 e. The molecule has 0 saturated carbocycles. The Bertz CT molecular complexity index is 1420. The first-order valence-electron chi connectivity index (χ1n) is 12.6. The summed E-state index contributed by atoms with van der Waals surface area (Å²) in [5.41, 5.74) is -6.87. The maximum Gasteiger partial charge on any atom is 0.431 e. The van der Waals surface area contributed by atoms with Gasteiger partial charge in [-0.1, -0.05) is 12.1 Å². The molecule has 17 heteroatoms. The van der Waals surface area contributed by atoms with Crippen molar-refractivity contribution in [2.45, 2.75) is 36.8 Å². The second kappa shape index (κ2) is 11.2. The Kier molecular flexibility index (Phi) is 8.54. The molecule has 232 valence electrons. The first kappa shape index (κ1) is 31.9. The van der Waals surface area contributed by atoms with Crippen molar-refractivity contribution in [2.24, 2.45) is 5.10 Å². The molecule has 0 radical (unpaired) electrons. The van der Waals surface area contributed by atoms with Gasteiger partial charge in [0.1, 0.15) is 5.82 Å². The van der Waals surface area contributed by atoms with Gasteiger partial charge in [0.15, 0.2) is 5.82 Å². The number of benzene rings is 2. The van der Waals surface area contributed by atoms with Crippen molar-refractivity contribution in [1.29, 1.82) is 0 Å². The normalized spacial score (nSPS) is 19.8. The second-order valence-corrected chi connectivity index (χ2v) is 12.2. The Balaban J connectivity index is 1.66. The molecular weight excluding hydrogens is 602 g/mol. The van der Waals surface area contributed by atoms with Gasteiger partial charge >= 0.3 is 12.4 Å². The molecule has 1 saturated heterocycles. The van der Waals surface area contributed by atoms with E-state index >= 15 is 0 Å². The lowest BCUT2D eigenvalue weighted by atomic mass is 9.90. The summed E-state index contributed by atoms with van der Waals surface area (Å²) in [5, 5.41) is 13.9. The van der Waals surface area contributed by atoms with Crippen LogP contribution in [0.3, 0.4) is 0 Å². The monoisotopic (exact) mass is 629 g/mol. The van der Waals surface area contributed by atoms with E-state index in [0.717, 1.165) is 16.4 Å². The number of hydrazone groups is 1. The molecule has 2 aromatic carbocycles. The molecule has 1 fully saturated rings. The molecule has 4 rings (SSSR count). The third kappa shape index (κ3) is 5.78. The van der Waals surface area contributed by atoms with Crippen molar-refractivity contribution in [2.75, 3.05) is 50.2 Å². The van der Waals surface area contributed by atoms with Crippen LogP contribution in [0, 0.1) is 11.6 Å². The van der Waals surface area contributed by atoms with Gasteiger partial charge in [0.05, 0.1) is 17.4 Å². The molecule has 1 unspecified atom stereocenters. The van der Waals surface area contributed by atoms with E-state index in [-0.39, 0.29) is 18.7 Å². The van der Waals surface area contributed by atoms with E-state index in [1.54, 1.807) is 12.1 Å². The summed E-state index contributed by atoms with van der Waals surface area (Å²) in [6, 6.07) is 6.48. The molecule has 2 aromatic rings. The highest BCUT2D eigenvalue weighted by atomic mass is 32.2. The van der Waals surface area contributed by atoms with Gasteiger partial charge in [0.25, 0.3) is 15.8 Å². The lowest BCUT2D eigenvalue weighted by molar-refractivity contribution is -0.338. The van der Waals surface area contributed by atoms with Crippen LogP contribution in [-0.2, 0) is 10.2 Å². The van der Waals surface area contributed by atoms with Gasteiger partial charge in [-0.2, -0.15) is 48.5 Å². The Morgan fingerprint density at radius 3 is 2.07 bits per heavy atom. The van der Waals surface area contributed by atoms with Crippen molar-refractivity contribution in [3.63, 3.8) is 0 Å². The minimum Gasteiger partial charge on any atom is -0.370 e. The Labute approximate surface area is 236 Å². The van der Waals surface area contributed by atoms with Crippen LogP contribution in [-0.4, -0.2) is 86.1 Å². The average Bonchev–Trinajstić information content (AvgIpc) is 3.16. The van der Waals surface area contributed by atoms with Gasteiger partial charge in [0.2, 0.25) is 0 Å². The standard InChI is InChI=1S/C25H27F8N5O3S/c1-35(2)42(40,41)37-11-3-10-36(12-13-37)18-7-4-16(5-8-18)21-15-22(23(39,24(28,29)30)25(31,32)33)34-38(21)20-9-6-17(26)14-19(20)27/h4-9,14,21,39H,3,10-13,15H2,1-2H3. The number of anilines is 2. The predicted octanol–water partition coefficient (Wildman–Crippen LogP) is 4.45. The summed E-state index contributed by atoms with van der Waals surface area (Å²) >= 11 is 0. The van der Waals surface area contributed by atoms with E-state index in [1.807, 2.05) is 4.90 Å². The van der Waals surface area contributed by atoms with Gasteiger partial charge in [0, 0.05) is 58.4 Å². The SMILES string of the molecule is CN(C)S(=O)(=O)N1CCCN(c2ccc(C3CC(C(O)(C(F)(F)F)C(F)(F)F)=NN3c3ccc(F)cc3F)cc2)CC1. The van der Waals surface area contributed by atoms with Crippen LogP contribution < -0.4 is 9.91 Å². The Morgan fingerprint density at radius 1 is 0.905 bits per heavy atom. The largest absolute Gasteiger partial charge is 0.431 e. The van der Waals surface area contributed by atoms with E-state index in [0.29, 0.717) is 36.3 Å². The Morgan fingerprint density at radius 2 is 1.52 bits per heavy atom. The van der Waals surface area contributed by atoms with Crippen molar-refractivity contribution in [3.8, 4) is 0 Å². The quantitative estimate of drug-likeness (QED) is 0.478. The summed E-state index contributed by atoms with van der Waals surface area (Å²) in [6.07, 6.45) is -13.0. The fraction of sp³-hybridized carbons (Fsp3) is 0.480. The zero-order chi connectivity index (χ0) is 31.3. The van der Waals surface area contributed by atoms with Gasteiger partial charge in [-0.25, -0.2) is 8.78 Å². The predicted molar refractivity (Wildman–Crippen MR) is 138 cm³/mol. The highest BCUT2D eigenvalue weighted by Gasteiger charge is 2.74. The minimum absolute atomic E-state index is 0.138. The van der Waals surface area contributed by atoms with E-state index in [1.165, 1.54) is 30.5 Å². The van der Waals surface area contributed by atoms with Crippen LogP contribution in [0.25, 0.3) is 0 Å². The number of nitrogens with zero attached hydrogens (tertiary/aromatic N) is 5. The second-order valence-electron chi connectivity index (χ2n) is 10.0. The van der Waals surface area contributed by atoms with E-state index in [4.69, 9.17) is 0 Å². The summed E-state index contributed by atoms with van der Waals surface area (Å²) < 4.78 is 137. The maximum atomic E-state index is 14.7. The fourth-order valence-electron chi connectivity index (χ4n) is 4.89. The first-order chi connectivity index (χ1) is 19.4. The molecule has 0 spiro atoms. The van der Waals surface area contributed by atoms with Crippen LogP contribution in [0.5, 0.6) is 0 Å². The van der Waals surface area contributed by atoms with E-state index < -0.39 is 63.7 Å². The molecule has 42 heavy (non-hydrogen) atoms. The number of aliphatic hydroxyl groups is 1. The van der Waals surface area contributed by atoms with Gasteiger partial charge in [-0.3, -0.25) is 5.01 Å². The van der Waals surface area contributed by atoms with Crippen molar-refractivity contribution in [1.82, 2.24) is 8.61 Å². The minimum atomic E-state index is -6.20. The van der Waals surface area contributed by atoms with Gasteiger partial charge in [-0.15, -0.1) is 0 Å². The zero-order valence-corrected chi connectivity index (χ0v) is 23.1. The third-order valence-corrected chi connectivity index (χ3v) is 9.13. The molecule has 0 aliphatic carbocycles. The summed E-state index contributed by atoms with van der Waals surface area (Å²) in [5.74, 6) is -2.32. The molecule has 0 bridgehead atoms. The summed E-state index contributed by atoms with van der Waals surface area (Å²) in [4.78, 5) is 1.87. The highest BCUT2D eigenvalue weighted by molar-refractivity contribution is 7.86. The zero-order valence-electron chi connectivity index (χ0n) is 22.3. The number of alkyl halides is 6. The molecule has 2 aliphatic heterocycles. The van der Waals surface area contributed by atoms with Crippen LogP contribution in [0.1, 0.15) is 24.4 Å². The van der Waals surface area contributed by atoms with Crippen molar-refractivity contribution in [3.05, 3.63) is 59.7 Å². The average molecular weight is 630 g/mol. The summed E-state index contributed by atoms with van der Waals surface area (Å²) in [6.45, 7) is 1.22. The van der Waals surface area contributed by atoms with Crippen molar-refractivity contribution >= 4 is 27.3 Å². The molecule has 2 heterocycles. The molecular formula is C25H27F8N5O3S. The molecule has 8 nitrogen and oxygen atoms in total. The Hall–Kier alpha value is -3.02. The lowest BCUT2D eigenvalue weighted by Gasteiger charge is -2.32. The first-order valence-corrected chi connectivity index (χ1v) is 14.0. The van der Waals surface area contributed by atoms with Crippen LogP contribution >= 0.6 is 0 Å². The number of hydrogen-bond donors (Lipinski definition) is 1. The molecule has 2 aliphatic rings. The molecule has 0 aromatic heterocycles. The molecule has 0 amide bonds. The maximum absolute atomic E-state index is 14.7. The number of hydrogen-bond acceptors (Lipinski definition) is 6. The van der Waals surface area contributed by atoms with Crippen LogP contribution in [0.2, 0.25) is 0 Å². The highest BCUT2D eigenvalue weighted by Crippen LogP contribution is 2.49. The molecule has 1 N–H and O–H groups in total. The van der Waals surface area contributed by atoms with Gasteiger partial charge in [-0.05, 0) is 36.2 Å². The topological polar surface area (TPSA) is 79.7 Å². The van der Waals surface area contributed by atoms with Gasteiger partial charge < -0.3 is 10.0 Å². The molecule has 1 atom stereocenters. The number of rotatable bonds is 6. The van der Waals surface area contributed by atoms with E-state index in [9.17, 15) is 48.6 Å². The third-order valence-electron chi connectivity index (χ3n) is 7.19.